The first-order valence-electron chi connectivity index (χ1n) is 5.10. The molecular weight excluding hydrogens is 190 g/mol. The molecule has 3 heteroatoms. The first-order valence-corrected chi connectivity index (χ1v) is 5.10. The Balaban J connectivity index is 2.31. The molecule has 80 valence electrons. The molecule has 2 rings (SSSR count). The van der Waals surface area contributed by atoms with Crippen molar-refractivity contribution in [1.29, 1.82) is 0 Å². The predicted molar refractivity (Wildman–Crippen MR) is 56.6 cm³/mol. The lowest BCUT2D eigenvalue weighted by Crippen LogP contribution is -2.03. The van der Waals surface area contributed by atoms with E-state index in [1.807, 2.05) is 32.9 Å². The maximum atomic E-state index is 11.0. The number of aryl methyl sites for hydroxylation is 1. The van der Waals surface area contributed by atoms with E-state index in [9.17, 15) is 4.79 Å². The molecule has 2 atom stereocenters. The van der Waals surface area contributed by atoms with Crippen LogP contribution in [0.3, 0.4) is 0 Å². The topological polar surface area (TPSA) is 50.2 Å². The number of carboxylic acid groups (broad SMARTS) is 1. The summed E-state index contributed by atoms with van der Waals surface area (Å²) in [7, 11) is 0. The van der Waals surface area contributed by atoms with Crippen LogP contribution in [0.5, 0.6) is 0 Å². The number of aliphatic carboxylic acids is 1. The van der Waals surface area contributed by atoms with Gasteiger partial charge in [0, 0.05) is 17.8 Å². The molecule has 1 saturated carbocycles. The maximum Gasteiger partial charge on any atom is 0.307 e. The molecule has 0 amide bonds. The number of carboxylic acids is 1. The fourth-order valence-corrected chi connectivity index (χ4v) is 2.38. The second-order valence-corrected chi connectivity index (χ2v) is 4.87. The molecule has 1 aliphatic carbocycles. The van der Waals surface area contributed by atoms with Crippen LogP contribution in [0, 0.1) is 18.3 Å². The molecular formula is C12H15NO2. The molecule has 1 aromatic heterocycles. The van der Waals surface area contributed by atoms with Crippen LogP contribution in [0.4, 0.5) is 0 Å². The van der Waals surface area contributed by atoms with Gasteiger partial charge in [-0.2, -0.15) is 0 Å². The highest BCUT2D eigenvalue weighted by Gasteiger charge is 2.63. The lowest BCUT2D eigenvalue weighted by atomic mass is 10.1. The minimum atomic E-state index is -0.715. The molecule has 1 N–H and O–H groups in total. The molecule has 1 aliphatic rings. The molecule has 2 unspecified atom stereocenters. The number of hydrogen-bond acceptors (Lipinski definition) is 2. The summed E-state index contributed by atoms with van der Waals surface area (Å²) in [6.07, 6.45) is 1.75. The maximum absolute atomic E-state index is 11.0. The quantitative estimate of drug-likeness (QED) is 0.805. The van der Waals surface area contributed by atoms with Gasteiger partial charge in [0.1, 0.15) is 0 Å². The van der Waals surface area contributed by atoms with Gasteiger partial charge in [-0.3, -0.25) is 9.78 Å². The van der Waals surface area contributed by atoms with E-state index >= 15 is 0 Å². The Morgan fingerprint density at radius 3 is 2.67 bits per heavy atom. The molecule has 0 bridgehead atoms. The van der Waals surface area contributed by atoms with E-state index in [0.29, 0.717) is 0 Å². The molecule has 1 aromatic rings. The highest BCUT2D eigenvalue weighted by Crippen LogP contribution is 2.63. The summed E-state index contributed by atoms with van der Waals surface area (Å²) in [6.45, 7) is 5.97. The summed E-state index contributed by atoms with van der Waals surface area (Å²) in [5.41, 5.74) is 1.88. The van der Waals surface area contributed by atoms with Gasteiger partial charge < -0.3 is 5.11 Å². The van der Waals surface area contributed by atoms with E-state index in [0.717, 1.165) is 11.3 Å². The number of carbonyl (C=O) groups is 1. The molecule has 0 radical (unpaired) electrons. The Bertz CT molecular complexity index is 412. The van der Waals surface area contributed by atoms with Crippen LogP contribution in [0.25, 0.3) is 0 Å². The largest absolute Gasteiger partial charge is 0.481 e. The third kappa shape index (κ3) is 1.52. The van der Waals surface area contributed by atoms with Gasteiger partial charge in [0.15, 0.2) is 0 Å². The van der Waals surface area contributed by atoms with Crippen molar-refractivity contribution in [2.45, 2.75) is 26.7 Å². The van der Waals surface area contributed by atoms with E-state index in [4.69, 9.17) is 5.11 Å². The van der Waals surface area contributed by atoms with Crippen molar-refractivity contribution in [1.82, 2.24) is 4.98 Å². The molecule has 3 nitrogen and oxygen atoms in total. The van der Waals surface area contributed by atoms with Crippen LogP contribution in [0.15, 0.2) is 18.3 Å². The lowest BCUT2D eigenvalue weighted by Gasteiger charge is -2.02. The Labute approximate surface area is 89.2 Å². The van der Waals surface area contributed by atoms with Gasteiger partial charge in [0.2, 0.25) is 0 Å². The van der Waals surface area contributed by atoms with Gasteiger partial charge in [-0.25, -0.2) is 0 Å². The molecule has 0 saturated heterocycles. The third-order valence-electron chi connectivity index (χ3n) is 3.35. The second kappa shape index (κ2) is 3.05. The summed E-state index contributed by atoms with van der Waals surface area (Å²) < 4.78 is 0. The van der Waals surface area contributed by atoms with Crippen LogP contribution < -0.4 is 0 Å². The van der Waals surface area contributed by atoms with Crippen LogP contribution in [0.1, 0.15) is 31.0 Å². The van der Waals surface area contributed by atoms with Gasteiger partial charge in [-0.05, 0) is 30.0 Å². The van der Waals surface area contributed by atoms with Gasteiger partial charge in [0.25, 0.3) is 0 Å². The smallest absolute Gasteiger partial charge is 0.307 e. The standard InChI is InChI=1S/C12H15NO2/c1-7-4-5-13-8(6-7)9-10(11(14)15)12(9,2)3/h4-6,9-10H,1-3H3,(H,14,15). The van der Waals surface area contributed by atoms with Crippen molar-refractivity contribution in [3.8, 4) is 0 Å². The molecule has 1 heterocycles. The third-order valence-corrected chi connectivity index (χ3v) is 3.35. The lowest BCUT2D eigenvalue weighted by molar-refractivity contribution is -0.139. The number of nitrogens with zero attached hydrogens (tertiary/aromatic N) is 1. The zero-order valence-corrected chi connectivity index (χ0v) is 9.19. The minimum Gasteiger partial charge on any atom is -0.481 e. The molecule has 15 heavy (non-hydrogen) atoms. The van der Waals surface area contributed by atoms with Crippen LogP contribution in [-0.2, 0) is 4.79 Å². The minimum absolute atomic E-state index is 0.0647. The van der Waals surface area contributed by atoms with Crippen molar-refractivity contribution in [2.75, 3.05) is 0 Å². The summed E-state index contributed by atoms with van der Waals surface area (Å²) >= 11 is 0. The first kappa shape index (κ1) is 10.1. The molecule has 0 aromatic carbocycles. The van der Waals surface area contributed by atoms with Crippen molar-refractivity contribution in [2.24, 2.45) is 11.3 Å². The summed E-state index contributed by atoms with van der Waals surface area (Å²) in [6, 6.07) is 3.91. The van der Waals surface area contributed by atoms with E-state index in [2.05, 4.69) is 4.98 Å². The Morgan fingerprint density at radius 1 is 1.53 bits per heavy atom. The SMILES string of the molecule is Cc1ccnc(C2C(C(=O)O)C2(C)C)c1. The van der Waals surface area contributed by atoms with E-state index < -0.39 is 5.97 Å². The zero-order valence-electron chi connectivity index (χ0n) is 9.19. The summed E-state index contributed by atoms with van der Waals surface area (Å²) in [5, 5.41) is 9.06. The van der Waals surface area contributed by atoms with Crippen LogP contribution >= 0.6 is 0 Å². The van der Waals surface area contributed by atoms with Crippen molar-refractivity contribution < 1.29 is 9.90 Å². The Hall–Kier alpha value is -1.38. The fraction of sp³-hybridized carbons (Fsp3) is 0.500. The second-order valence-electron chi connectivity index (χ2n) is 4.87. The van der Waals surface area contributed by atoms with Crippen molar-refractivity contribution in [3.63, 3.8) is 0 Å². The number of hydrogen-bond donors (Lipinski definition) is 1. The van der Waals surface area contributed by atoms with Crippen LogP contribution in [0.2, 0.25) is 0 Å². The summed E-state index contributed by atoms with van der Waals surface area (Å²) in [4.78, 5) is 15.3. The number of aromatic nitrogens is 1. The average Bonchev–Trinajstić information content (AvgIpc) is 2.69. The highest BCUT2D eigenvalue weighted by molar-refractivity contribution is 5.77. The first-order chi connectivity index (χ1) is 6.94. The molecule has 1 fully saturated rings. The van der Waals surface area contributed by atoms with Gasteiger partial charge in [-0.1, -0.05) is 13.8 Å². The zero-order chi connectivity index (χ0) is 11.2. The predicted octanol–water partition coefficient (Wildman–Crippen LogP) is 2.21. The van der Waals surface area contributed by atoms with E-state index in [1.165, 1.54) is 0 Å². The van der Waals surface area contributed by atoms with Crippen molar-refractivity contribution in [3.05, 3.63) is 29.6 Å². The Kier molecular flexibility index (Phi) is 2.07. The van der Waals surface area contributed by atoms with Crippen LogP contribution in [-0.4, -0.2) is 16.1 Å². The van der Waals surface area contributed by atoms with Gasteiger partial charge in [0.05, 0.1) is 5.92 Å². The fourth-order valence-electron chi connectivity index (χ4n) is 2.38. The normalized spacial score (nSPS) is 27.4. The Morgan fingerprint density at radius 2 is 2.20 bits per heavy atom. The summed E-state index contributed by atoms with van der Waals surface area (Å²) in [5.74, 6) is -0.935. The monoisotopic (exact) mass is 205 g/mol. The van der Waals surface area contributed by atoms with E-state index in [-0.39, 0.29) is 17.3 Å². The van der Waals surface area contributed by atoms with Gasteiger partial charge >= 0.3 is 5.97 Å². The number of rotatable bonds is 2. The van der Waals surface area contributed by atoms with Gasteiger partial charge in [-0.15, -0.1) is 0 Å². The number of pyridine rings is 1. The molecule has 0 spiro atoms. The highest BCUT2D eigenvalue weighted by atomic mass is 16.4. The van der Waals surface area contributed by atoms with E-state index in [1.54, 1.807) is 6.20 Å². The van der Waals surface area contributed by atoms with Crippen molar-refractivity contribution >= 4 is 5.97 Å². The average molecular weight is 205 g/mol. The molecule has 0 aliphatic heterocycles.